The fourth-order valence-electron chi connectivity index (χ4n) is 0.821. The molecule has 0 heterocycles. The molecule has 3 heteroatoms. The molecule has 1 rings (SSSR count). The predicted molar refractivity (Wildman–Crippen MR) is 47.8 cm³/mol. The third kappa shape index (κ3) is 2.51. The topological polar surface area (TPSA) is 26.3 Å². The Morgan fingerprint density at radius 1 is 1.42 bits per heavy atom. The molecule has 0 aliphatic rings. The third-order valence-corrected chi connectivity index (χ3v) is 2.35. The second-order valence-electron chi connectivity index (χ2n) is 2.30. The Bertz CT molecular complexity index is 266. The second-order valence-corrected chi connectivity index (χ2v) is 3.95. The fraction of sp³-hybridized carbons (Fsp3) is 0.222. The van der Waals surface area contributed by atoms with Gasteiger partial charge in [-0.25, -0.2) is 0 Å². The summed E-state index contributed by atoms with van der Waals surface area (Å²) < 4.78 is 6.07. The van der Waals surface area contributed by atoms with Crippen LogP contribution in [0.4, 0.5) is 0 Å². The van der Waals surface area contributed by atoms with Crippen molar-refractivity contribution in [2.45, 2.75) is 6.92 Å². The molecule has 0 atom stereocenters. The molecule has 1 aromatic rings. The summed E-state index contributed by atoms with van der Waals surface area (Å²) in [7, 11) is 0. The fourth-order valence-corrected chi connectivity index (χ4v) is 1.30. The van der Waals surface area contributed by atoms with Crippen molar-refractivity contribution in [3.63, 3.8) is 0 Å². The molecule has 0 aliphatic carbocycles. The van der Waals surface area contributed by atoms with Crippen molar-refractivity contribution >= 4 is 32.1 Å². The Labute approximate surface area is 85.0 Å². The first kappa shape index (κ1) is 9.58. The van der Waals surface area contributed by atoms with Crippen LogP contribution in [0.2, 0.25) is 0 Å². The van der Waals surface area contributed by atoms with Crippen LogP contribution in [0.5, 0.6) is 0 Å². The Balaban J connectivity index is 2.75. The van der Waals surface area contributed by atoms with Crippen LogP contribution in [-0.2, 0) is 4.74 Å². The van der Waals surface area contributed by atoms with Gasteiger partial charge in [0.05, 0.1) is 0 Å². The van der Waals surface area contributed by atoms with E-state index in [1.54, 1.807) is 19.1 Å². The molecule has 12 heavy (non-hydrogen) atoms. The van der Waals surface area contributed by atoms with Crippen molar-refractivity contribution in [2.75, 3.05) is 6.61 Å². The Morgan fingerprint density at radius 3 is 2.50 bits per heavy atom. The van der Waals surface area contributed by atoms with Crippen LogP contribution in [0.1, 0.15) is 17.3 Å². The van der Waals surface area contributed by atoms with Crippen LogP contribution in [0.3, 0.4) is 0 Å². The molecule has 61 valence electrons. The minimum atomic E-state index is -0.242. The van der Waals surface area contributed by atoms with Crippen LogP contribution in [0.25, 0.3) is 0 Å². The summed E-state index contributed by atoms with van der Waals surface area (Å²) >= 11 is 1.36. The Hall–Kier alpha value is -0.511. The van der Waals surface area contributed by atoms with Gasteiger partial charge in [-0.2, -0.15) is 0 Å². The van der Waals surface area contributed by atoms with Crippen LogP contribution >= 0.6 is 0 Å². The summed E-state index contributed by atoms with van der Waals surface area (Å²) in [5.74, 6) is -0.242. The second kappa shape index (κ2) is 4.50. The number of rotatable bonds is 2. The van der Waals surface area contributed by atoms with Gasteiger partial charge < -0.3 is 0 Å². The molecular weight excluding hydrogens is 259 g/mol. The molecular formula is C9H9O2Sn. The zero-order valence-electron chi connectivity index (χ0n) is 6.83. The van der Waals surface area contributed by atoms with E-state index in [9.17, 15) is 4.79 Å². The van der Waals surface area contributed by atoms with Crippen LogP contribution in [0.15, 0.2) is 24.3 Å². The maximum atomic E-state index is 11.1. The zero-order valence-corrected chi connectivity index (χ0v) is 9.69. The van der Waals surface area contributed by atoms with E-state index in [1.807, 2.05) is 12.1 Å². The number of hydrogen-bond acceptors (Lipinski definition) is 2. The number of ether oxygens (including phenoxy) is 1. The number of hydrogen-bond donors (Lipinski definition) is 0. The number of benzene rings is 1. The van der Waals surface area contributed by atoms with Gasteiger partial charge in [-0.15, -0.1) is 0 Å². The van der Waals surface area contributed by atoms with Crippen LogP contribution in [0, 0.1) is 0 Å². The molecule has 0 saturated carbocycles. The molecule has 0 aliphatic heterocycles. The van der Waals surface area contributed by atoms with Crippen molar-refractivity contribution in [3.8, 4) is 0 Å². The summed E-state index contributed by atoms with van der Waals surface area (Å²) in [6.45, 7) is 2.23. The van der Waals surface area contributed by atoms with E-state index in [4.69, 9.17) is 4.74 Å². The van der Waals surface area contributed by atoms with Gasteiger partial charge in [-0.05, 0) is 0 Å². The van der Waals surface area contributed by atoms with E-state index < -0.39 is 0 Å². The van der Waals surface area contributed by atoms with E-state index in [0.29, 0.717) is 12.2 Å². The van der Waals surface area contributed by atoms with E-state index >= 15 is 0 Å². The first-order chi connectivity index (χ1) is 5.74. The normalized spacial score (nSPS) is 9.50. The summed E-state index contributed by atoms with van der Waals surface area (Å²) in [6.07, 6.45) is 0. The molecule has 2 nitrogen and oxygen atoms in total. The number of esters is 1. The van der Waals surface area contributed by atoms with Gasteiger partial charge in [0, 0.05) is 0 Å². The molecule has 0 amide bonds. The van der Waals surface area contributed by atoms with E-state index in [2.05, 4.69) is 0 Å². The molecule has 3 radical (unpaired) electrons. The molecule has 0 saturated heterocycles. The third-order valence-electron chi connectivity index (χ3n) is 1.40. The molecule has 0 unspecified atom stereocenters. The van der Waals surface area contributed by atoms with E-state index in [1.165, 1.54) is 26.1 Å². The molecule has 0 bridgehead atoms. The first-order valence-corrected chi connectivity index (χ1v) is 5.15. The Morgan fingerprint density at radius 2 is 2.00 bits per heavy atom. The first-order valence-electron chi connectivity index (χ1n) is 3.73. The predicted octanol–water partition coefficient (Wildman–Crippen LogP) is 0.657. The van der Waals surface area contributed by atoms with Gasteiger partial charge in [0.15, 0.2) is 0 Å². The van der Waals surface area contributed by atoms with Crippen molar-refractivity contribution in [2.24, 2.45) is 0 Å². The zero-order chi connectivity index (χ0) is 8.97. The van der Waals surface area contributed by atoms with Crippen molar-refractivity contribution in [1.82, 2.24) is 0 Å². The minimum absolute atomic E-state index is 0.242. The van der Waals surface area contributed by atoms with Gasteiger partial charge in [0.25, 0.3) is 0 Å². The van der Waals surface area contributed by atoms with Crippen molar-refractivity contribution in [1.29, 1.82) is 0 Å². The maximum absolute atomic E-state index is 11.1. The van der Waals surface area contributed by atoms with Gasteiger partial charge in [-0.1, -0.05) is 0 Å². The SMILES string of the molecule is CCOC(=O)c1cc[c]([Sn])cc1. The summed E-state index contributed by atoms with van der Waals surface area (Å²) in [4.78, 5) is 11.1. The monoisotopic (exact) mass is 269 g/mol. The quantitative estimate of drug-likeness (QED) is 0.581. The summed E-state index contributed by atoms with van der Waals surface area (Å²) in [5, 5.41) is 0. The summed E-state index contributed by atoms with van der Waals surface area (Å²) in [5.41, 5.74) is 0.628. The Kier molecular flexibility index (Phi) is 3.59. The number of carbonyl (C=O) groups is 1. The van der Waals surface area contributed by atoms with Crippen molar-refractivity contribution < 1.29 is 9.53 Å². The standard InChI is InChI=1S/C9H9O2.Sn/c1-2-11-9(10)8-6-4-3-5-7-8;/h4-7H,2H2,1H3;. The average Bonchev–Trinajstić information content (AvgIpc) is 2.06. The summed E-state index contributed by atoms with van der Waals surface area (Å²) in [6, 6.07) is 7.46. The van der Waals surface area contributed by atoms with E-state index in [-0.39, 0.29) is 5.97 Å². The van der Waals surface area contributed by atoms with Crippen molar-refractivity contribution in [3.05, 3.63) is 29.8 Å². The average molecular weight is 268 g/mol. The molecule has 0 spiro atoms. The van der Waals surface area contributed by atoms with Gasteiger partial charge in [0.2, 0.25) is 0 Å². The van der Waals surface area contributed by atoms with Gasteiger partial charge >= 0.3 is 85.0 Å². The molecule has 0 N–H and O–H groups in total. The van der Waals surface area contributed by atoms with E-state index in [0.717, 1.165) is 0 Å². The number of carbonyl (C=O) groups excluding carboxylic acids is 1. The van der Waals surface area contributed by atoms with Gasteiger partial charge in [0.1, 0.15) is 0 Å². The molecule has 0 aromatic heterocycles. The van der Waals surface area contributed by atoms with Gasteiger partial charge in [-0.3, -0.25) is 0 Å². The van der Waals surface area contributed by atoms with Crippen LogP contribution < -0.4 is 3.58 Å². The molecule has 0 fully saturated rings. The van der Waals surface area contributed by atoms with Crippen LogP contribution in [-0.4, -0.2) is 35.1 Å². The molecule has 1 aromatic carbocycles.